The van der Waals surface area contributed by atoms with Crippen molar-refractivity contribution in [3.63, 3.8) is 0 Å². The van der Waals surface area contributed by atoms with Gasteiger partial charge in [0.1, 0.15) is 5.82 Å². The number of ether oxygens (including phenoxy) is 1. The summed E-state index contributed by atoms with van der Waals surface area (Å²) >= 11 is 0. The Labute approximate surface area is 143 Å². The van der Waals surface area contributed by atoms with Gasteiger partial charge in [-0.25, -0.2) is 8.78 Å². The number of hydrogen-bond acceptors (Lipinski definition) is 6. The van der Waals surface area contributed by atoms with Gasteiger partial charge in [0.05, 0.1) is 13.5 Å². The quantitative estimate of drug-likeness (QED) is 0.734. The van der Waals surface area contributed by atoms with Gasteiger partial charge in [0.2, 0.25) is 0 Å². The van der Waals surface area contributed by atoms with Crippen LogP contribution in [-0.4, -0.2) is 45.4 Å². The summed E-state index contributed by atoms with van der Waals surface area (Å²) in [6.07, 6.45) is 2.06. The Morgan fingerprint density at radius 1 is 1.40 bits per heavy atom. The molecule has 0 amide bonds. The molecule has 0 bridgehead atoms. The van der Waals surface area contributed by atoms with Gasteiger partial charge in [0.15, 0.2) is 11.5 Å². The number of fused-ring (bicyclic) bond motifs is 1. The van der Waals surface area contributed by atoms with Crippen LogP contribution in [-0.2, 0) is 16.0 Å². The zero-order valence-corrected chi connectivity index (χ0v) is 14.3. The zero-order chi connectivity index (χ0) is 18.1. The molecule has 1 saturated carbocycles. The summed E-state index contributed by atoms with van der Waals surface area (Å²) in [5.74, 6) is -1.88. The summed E-state index contributed by atoms with van der Waals surface area (Å²) in [6.45, 7) is 1.41. The lowest BCUT2D eigenvalue weighted by Gasteiger charge is -2.22. The highest BCUT2D eigenvalue weighted by molar-refractivity contribution is 5.69. The van der Waals surface area contributed by atoms with Gasteiger partial charge in [-0.2, -0.15) is 4.52 Å². The Morgan fingerprint density at radius 2 is 2.16 bits per heavy atom. The first kappa shape index (κ1) is 17.5. The minimum Gasteiger partial charge on any atom is -0.469 e. The summed E-state index contributed by atoms with van der Waals surface area (Å²) < 4.78 is 33.3. The minimum absolute atomic E-state index is 0.185. The van der Waals surface area contributed by atoms with E-state index in [4.69, 9.17) is 0 Å². The normalized spacial score (nSPS) is 16.0. The number of rotatable bonds is 8. The van der Waals surface area contributed by atoms with Crippen LogP contribution in [0.2, 0.25) is 0 Å². The van der Waals surface area contributed by atoms with E-state index >= 15 is 0 Å². The van der Waals surface area contributed by atoms with Crippen molar-refractivity contribution in [3.8, 4) is 0 Å². The van der Waals surface area contributed by atoms with Crippen molar-refractivity contribution in [2.24, 2.45) is 5.41 Å². The number of anilines is 1. The highest BCUT2D eigenvalue weighted by Gasteiger charge is 2.58. The molecule has 9 heteroatoms. The molecule has 25 heavy (non-hydrogen) atoms. The molecule has 2 heterocycles. The number of carbonyl (C=O) groups is 1. The second kappa shape index (κ2) is 6.53. The van der Waals surface area contributed by atoms with Crippen LogP contribution in [0.15, 0.2) is 12.1 Å². The van der Waals surface area contributed by atoms with E-state index in [-0.39, 0.29) is 12.4 Å². The second-order valence-corrected chi connectivity index (χ2v) is 6.53. The predicted octanol–water partition coefficient (Wildman–Crippen LogP) is 2.47. The summed E-state index contributed by atoms with van der Waals surface area (Å²) in [7, 11) is 1.33. The molecule has 7 nitrogen and oxygen atoms in total. The fourth-order valence-electron chi connectivity index (χ4n) is 2.89. The van der Waals surface area contributed by atoms with E-state index < -0.39 is 11.3 Å². The van der Waals surface area contributed by atoms with Crippen LogP contribution in [0.4, 0.5) is 14.6 Å². The average molecular weight is 353 g/mol. The summed E-state index contributed by atoms with van der Waals surface area (Å²) in [5, 5.41) is 15.5. The molecule has 1 N–H and O–H groups in total. The second-order valence-electron chi connectivity index (χ2n) is 6.53. The fraction of sp³-hybridized carbons (Fsp3) is 0.625. The van der Waals surface area contributed by atoms with Crippen LogP contribution in [0.1, 0.15) is 38.4 Å². The Hall–Kier alpha value is -2.32. The van der Waals surface area contributed by atoms with Crippen molar-refractivity contribution >= 4 is 17.4 Å². The third kappa shape index (κ3) is 3.69. The van der Waals surface area contributed by atoms with E-state index in [9.17, 15) is 13.6 Å². The summed E-state index contributed by atoms with van der Waals surface area (Å²) in [4.78, 5) is 11.3. The number of methoxy groups -OCH3 is 1. The highest BCUT2D eigenvalue weighted by Crippen LogP contribution is 2.58. The van der Waals surface area contributed by atoms with E-state index in [0.29, 0.717) is 49.5 Å². The lowest BCUT2D eigenvalue weighted by molar-refractivity contribution is -0.140. The molecule has 0 saturated heterocycles. The van der Waals surface area contributed by atoms with Gasteiger partial charge in [-0.15, -0.1) is 15.3 Å². The van der Waals surface area contributed by atoms with Gasteiger partial charge in [-0.05, 0) is 38.3 Å². The molecular formula is C16H21F2N5O2. The minimum atomic E-state index is -2.65. The SMILES string of the molecule is COC(=O)CCc1nnc2ccc(NCCC3(C(C)(F)F)CC3)nn12. The number of nitrogens with zero attached hydrogens (tertiary/aromatic N) is 4. The number of hydrogen-bond donors (Lipinski definition) is 1. The molecule has 1 aliphatic carbocycles. The van der Waals surface area contributed by atoms with E-state index in [1.807, 2.05) is 0 Å². The van der Waals surface area contributed by atoms with Gasteiger partial charge in [0, 0.05) is 18.4 Å². The molecule has 0 atom stereocenters. The van der Waals surface area contributed by atoms with Crippen LogP contribution < -0.4 is 5.32 Å². The van der Waals surface area contributed by atoms with Crippen molar-refractivity contribution < 1.29 is 18.3 Å². The molecule has 0 aromatic carbocycles. The number of aryl methyl sites for hydroxylation is 1. The third-order valence-electron chi connectivity index (χ3n) is 4.80. The standard InChI is InChI=1S/C16H21F2N5O2/c1-15(17,18)16(7-8-16)9-10-19-11-3-4-12-20-21-13(23(12)22-11)5-6-14(24)25-2/h3-4H,5-10H2,1-2H3,(H,19,22). The number of nitrogens with one attached hydrogen (secondary N) is 1. The Morgan fingerprint density at radius 3 is 2.80 bits per heavy atom. The van der Waals surface area contributed by atoms with Crippen molar-refractivity contribution in [1.82, 2.24) is 19.8 Å². The number of halogens is 2. The molecule has 1 aliphatic rings. The van der Waals surface area contributed by atoms with Gasteiger partial charge in [-0.1, -0.05) is 0 Å². The lowest BCUT2D eigenvalue weighted by Crippen LogP contribution is -2.28. The molecule has 2 aromatic rings. The Balaban J connectivity index is 1.63. The van der Waals surface area contributed by atoms with Crippen LogP contribution >= 0.6 is 0 Å². The van der Waals surface area contributed by atoms with Crippen molar-refractivity contribution in [3.05, 3.63) is 18.0 Å². The maximum Gasteiger partial charge on any atom is 0.305 e. The van der Waals surface area contributed by atoms with Gasteiger partial charge < -0.3 is 10.1 Å². The first-order valence-electron chi connectivity index (χ1n) is 8.24. The molecule has 0 radical (unpaired) electrons. The topological polar surface area (TPSA) is 81.4 Å². The molecule has 0 unspecified atom stereocenters. The number of aromatic nitrogens is 4. The van der Waals surface area contributed by atoms with Crippen molar-refractivity contribution in [2.45, 2.75) is 45.0 Å². The molecule has 0 spiro atoms. The van der Waals surface area contributed by atoms with Crippen molar-refractivity contribution in [2.75, 3.05) is 19.0 Å². The third-order valence-corrected chi connectivity index (χ3v) is 4.80. The van der Waals surface area contributed by atoms with Crippen LogP contribution in [0.5, 0.6) is 0 Å². The molecule has 1 fully saturated rings. The molecule has 0 aliphatic heterocycles. The molecule has 136 valence electrons. The first-order valence-corrected chi connectivity index (χ1v) is 8.24. The predicted molar refractivity (Wildman–Crippen MR) is 86.5 cm³/mol. The fourth-order valence-corrected chi connectivity index (χ4v) is 2.89. The highest BCUT2D eigenvalue weighted by atomic mass is 19.3. The van der Waals surface area contributed by atoms with E-state index in [1.165, 1.54) is 7.11 Å². The van der Waals surface area contributed by atoms with Crippen LogP contribution in [0.3, 0.4) is 0 Å². The number of esters is 1. The van der Waals surface area contributed by atoms with Crippen molar-refractivity contribution in [1.29, 1.82) is 0 Å². The maximum absolute atomic E-state index is 13.6. The molecule has 3 rings (SSSR count). The maximum atomic E-state index is 13.6. The van der Waals surface area contributed by atoms with E-state index in [1.54, 1.807) is 16.6 Å². The monoisotopic (exact) mass is 353 g/mol. The average Bonchev–Trinajstić information content (AvgIpc) is 3.27. The molecular weight excluding hydrogens is 332 g/mol. The largest absolute Gasteiger partial charge is 0.469 e. The first-order chi connectivity index (χ1) is 11.8. The number of carbonyl (C=O) groups excluding carboxylic acids is 1. The smallest absolute Gasteiger partial charge is 0.305 e. The lowest BCUT2D eigenvalue weighted by atomic mass is 9.95. The summed E-state index contributed by atoms with van der Waals surface area (Å²) in [6, 6.07) is 3.48. The summed E-state index contributed by atoms with van der Waals surface area (Å²) in [5.41, 5.74) is -0.309. The molecule has 2 aromatic heterocycles. The van der Waals surface area contributed by atoms with Crippen LogP contribution in [0.25, 0.3) is 5.65 Å². The van der Waals surface area contributed by atoms with Gasteiger partial charge in [0.25, 0.3) is 5.92 Å². The van der Waals surface area contributed by atoms with Crippen LogP contribution in [0, 0.1) is 5.41 Å². The van der Waals surface area contributed by atoms with E-state index in [2.05, 4.69) is 25.3 Å². The Bertz CT molecular complexity index is 767. The Kier molecular flexibility index (Phi) is 4.57. The van der Waals surface area contributed by atoms with E-state index in [0.717, 1.165) is 6.92 Å². The zero-order valence-electron chi connectivity index (χ0n) is 14.3. The van der Waals surface area contributed by atoms with Gasteiger partial charge in [-0.3, -0.25) is 4.79 Å². The van der Waals surface area contributed by atoms with Gasteiger partial charge >= 0.3 is 5.97 Å². The number of alkyl halides is 2.